The predicted octanol–water partition coefficient (Wildman–Crippen LogP) is 1.28. The van der Waals surface area contributed by atoms with E-state index in [-0.39, 0.29) is 0 Å². The van der Waals surface area contributed by atoms with Crippen LogP contribution in [0.5, 0.6) is 0 Å². The van der Waals surface area contributed by atoms with Gasteiger partial charge < -0.3 is 4.74 Å². The predicted molar refractivity (Wildman–Crippen MR) is 36.9 cm³/mol. The van der Waals surface area contributed by atoms with Gasteiger partial charge in [0.1, 0.15) is 14.9 Å². The van der Waals surface area contributed by atoms with E-state index in [0.717, 1.165) is 0 Å². The second-order valence-electron chi connectivity index (χ2n) is 1.66. The minimum Gasteiger partial charge on any atom is -0.447 e. The molecule has 0 unspecified atom stereocenters. The Labute approximate surface area is 52.7 Å². The van der Waals surface area contributed by atoms with Crippen molar-refractivity contribution in [2.75, 3.05) is 6.61 Å². The molecule has 2 heteroatoms. The first kappa shape index (κ1) is 7.58. The van der Waals surface area contributed by atoms with E-state index in [2.05, 4.69) is 24.7 Å². The minimum absolute atomic E-state index is 0.393. The van der Waals surface area contributed by atoms with Crippen molar-refractivity contribution in [2.24, 2.45) is 0 Å². The van der Waals surface area contributed by atoms with Crippen LogP contribution in [0, 0.1) is 11.7 Å². The fourth-order valence-corrected chi connectivity index (χ4v) is 0.487. The van der Waals surface area contributed by atoms with Gasteiger partial charge in [-0.25, -0.2) is 0 Å². The Balaban J connectivity index is 3.20. The second-order valence-corrected chi connectivity index (χ2v) is 3.91. The van der Waals surface area contributed by atoms with Crippen LogP contribution in [0.25, 0.3) is 0 Å². The Morgan fingerprint density at radius 3 is 2.50 bits per heavy atom. The fourth-order valence-electron chi connectivity index (χ4n) is 0.210. The molecule has 0 rings (SSSR count). The van der Waals surface area contributed by atoms with Crippen molar-refractivity contribution in [1.82, 2.24) is 0 Å². The summed E-state index contributed by atoms with van der Waals surface area (Å²) in [6.07, 6.45) is 2.63. The van der Waals surface area contributed by atoms with E-state index in [9.17, 15) is 0 Å². The summed E-state index contributed by atoms with van der Waals surface area (Å²) in [5.41, 5.74) is 2.98. The summed E-state index contributed by atoms with van der Waals surface area (Å²) in [7, 11) is -0.393. The lowest BCUT2D eigenvalue weighted by Crippen LogP contribution is -1.93. The smallest absolute Gasteiger partial charge is 0.142 e. The second kappa shape index (κ2) is 4.73. The zero-order valence-corrected chi connectivity index (χ0v) is 6.62. The molecule has 0 aliphatic carbocycles. The van der Waals surface area contributed by atoms with Crippen LogP contribution < -0.4 is 0 Å². The van der Waals surface area contributed by atoms with Crippen molar-refractivity contribution in [1.29, 1.82) is 0 Å². The molecule has 0 heterocycles. The molecule has 0 aliphatic rings. The van der Waals surface area contributed by atoms with E-state index in [0.29, 0.717) is 6.61 Å². The molecule has 0 aromatic carbocycles. The molecule has 0 aromatic rings. The van der Waals surface area contributed by atoms with Gasteiger partial charge in [0.05, 0.1) is 6.61 Å². The van der Waals surface area contributed by atoms with Gasteiger partial charge in [0, 0.05) is 0 Å². The Bertz CT molecular complexity index is 98.8. The Hall–Kier alpha value is -0.423. The van der Waals surface area contributed by atoms with Gasteiger partial charge in [0.25, 0.3) is 0 Å². The zero-order chi connectivity index (χ0) is 6.41. The molecule has 0 spiro atoms. The van der Waals surface area contributed by atoms with Crippen LogP contribution in [-0.4, -0.2) is 15.4 Å². The Kier molecular flexibility index (Phi) is 4.48. The topological polar surface area (TPSA) is 9.23 Å². The van der Waals surface area contributed by atoms with Crippen LogP contribution in [0.15, 0.2) is 0 Å². The van der Waals surface area contributed by atoms with E-state index < -0.39 is 8.80 Å². The summed E-state index contributed by atoms with van der Waals surface area (Å²) >= 11 is 0. The van der Waals surface area contributed by atoms with Crippen LogP contribution in [0.1, 0.15) is 6.92 Å². The molecule has 45 valence electrons. The fraction of sp³-hybridized carbons (Fsp3) is 0.667. The lowest BCUT2D eigenvalue weighted by atomic mass is 10.9. The summed E-state index contributed by atoms with van der Waals surface area (Å²) in [5.74, 6) is 0. The summed E-state index contributed by atoms with van der Waals surface area (Å²) in [5, 5.41) is 0. The average Bonchev–Trinajstić information content (AvgIpc) is 1.66. The first-order valence-corrected chi connectivity index (χ1v) is 5.20. The zero-order valence-electron chi connectivity index (χ0n) is 5.62. The van der Waals surface area contributed by atoms with Gasteiger partial charge in [0.15, 0.2) is 0 Å². The molecule has 0 fully saturated rings. The highest BCUT2D eigenvalue weighted by Gasteiger charge is 1.83. The van der Waals surface area contributed by atoms with Crippen molar-refractivity contribution < 1.29 is 4.74 Å². The first-order valence-electron chi connectivity index (χ1n) is 2.70. The van der Waals surface area contributed by atoms with Gasteiger partial charge in [-0.1, -0.05) is 18.6 Å². The maximum atomic E-state index is 4.81. The highest BCUT2D eigenvalue weighted by Crippen LogP contribution is 1.73. The van der Waals surface area contributed by atoms with E-state index in [4.69, 9.17) is 4.74 Å². The molecule has 0 saturated carbocycles. The van der Waals surface area contributed by atoms with E-state index in [1.165, 1.54) is 0 Å². The number of ether oxygens (including phenoxy) is 1. The Morgan fingerprint density at radius 1 is 1.50 bits per heavy atom. The third-order valence-corrected chi connectivity index (χ3v) is 1.12. The number of hydrogen-bond donors (Lipinski definition) is 0. The summed E-state index contributed by atoms with van der Waals surface area (Å²) in [4.78, 5) is 0. The maximum Gasteiger partial charge on any atom is 0.142 e. The monoisotopic (exact) mass is 127 g/mol. The highest BCUT2D eigenvalue weighted by molar-refractivity contribution is 6.64. The number of rotatable bonds is 1. The lowest BCUT2D eigenvalue weighted by molar-refractivity contribution is 0.299. The van der Waals surface area contributed by atoms with Crippen molar-refractivity contribution >= 4 is 8.80 Å². The highest BCUT2D eigenvalue weighted by atomic mass is 28.3. The molecule has 1 radical (unpaired) electrons. The first-order chi connectivity index (χ1) is 3.77. The van der Waals surface area contributed by atoms with Gasteiger partial charge in [-0.15, -0.1) is 0 Å². The number of hydrogen-bond acceptors (Lipinski definition) is 1. The van der Waals surface area contributed by atoms with Crippen molar-refractivity contribution in [3.8, 4) is 11.7 Å². The molecular formula is C6H11OSi. The molecule has 0 N–H and O–H groups in total. The Morgan fingerprint density at radius 2 is 2.12 bits per heavy atom. The van der Waals surface area contributed by atoms with Gasteiger partial charge in [-0.2, -0.15) is 0 Å². The summed E-state index contributed by atoms with van der Waals surface area (Å²) < 4.78 is 4.81. The van der Waals surface area contributed by atoms with Gasteiger partial charge in [-0.3, -0.25) is 0 Å². The van der Waals surface area contributed by atoms with Crippen molar-refractivity contribution in [3.63, 3.8) is 0 Å². The molecule has 0 amide bonds. The molecule has 0 aromatic heterocycles. The quantitative estimate of drug-likeness (QED) is 0.381. The summed E-state index contributed by atoms with van der Waals surface area (Å²) in [6, 6.07) is 0. The largest absolute Gasteiger partial charge is 0.447 e. The van der Waals surface area contributed by atoms with Crippen molar-refractivity contribution in [3.05, 3.63) is 0 Å². The molecule has 8 heavy (non-hydrogen) atoms. The van der Waals surface area contributed by atoms with Crippen LogP contribution >= 0.6 is 0 Å². The maximum absolute atomic E-state index is 4.81. The standard InChI is InChI=1S/C6H11OSi/c1-4-7-5-6-8(2)3/h4H2,1-3H3. The van der Waals surface area contributed by atoms with Crippen LogP contribution in [0.2, 0.25) is 13.1 Å². The molecule has 0 bridgehead atoms. The van der Waals surface area contributed by atoms with Crippen LogP contribution in [-0.2, 0) is 4.74 Å². The van der Waals surface area contributed by atoms with E-state index in [1.807, 2.05) is 6.92 Å². The lowest BCUT2D eigenvalue weighted by Gasteiger charge is -1.86. The van der Waals surface area contributed by atoms with Gasteiger partial charge in [-0.05, 0) is 6.92 Å². The molecular weight excluding hydrogens is 116 g/mol. The minimum atomic E-state index is -0.393. The molecule has 0 aliphatic heterocycles. The van der Waals surface area contributed by atoms with Gasteiger partial charge >= 0.3 is 0 Å². The third-order valence-electron chi connectivity index (χ3n) is 0.518. The van der Waals surface area contributed by atoms with Crippen molar-refractivity contribution in [2.45, 2.75) is 20.0 Å². The van der Waals surface area contributed by atoms with E-state index in [1.54, 1.807) is 0 Å². The normalized spacial score (nSPS) is 8.00. The van der Waals surface area contributed by atoms with E-state index >= 15 is 0 Å². The molecule has 1 nitrogen and oxygen atoms in total. The van der Waals surface area contributed by atoms with Crippen LogP contribution in [0.4, 0.5) is 0 Å². The molecule has 0 atom stereocenters. The van der Waals surface area contributed by atoms with Gasteiger partial charge in [0.2, 0.25) is 0 Å². The summed E-state index contributed by atoms with van der Waals surface area (Å²) in [6.45, 7) is 6.90. The third kappa shape index (κ3) is 5.58. The molecule has 0 saturated heterocycles. The SMILES string of the molecule is CCOC#C[Si](C)C. The average molecular weight is 127 g/mol. The van der Waals surface area contributed by atoms with Crippen LogP contribution in [0.3, 0.4) is 0 Å².